The lowest BCUT2D eigenvalue weighted by molar-refractivity contribution is -0.118. The average molecular weight is 315 g/mol. The molecule has 0 spiro atoms. The maximum absolute atomic E-state index is 14.0. The fourth-order valence-electron chi connectivity index (χ4n) is 2.03. The van der Waals surface area contributed by atoms with Crippen LogP contribution in [0.25, 0.3) is 0 Å². The van der Waals surface area contributed by atoms with Crippen LogP contribution in [-0.4, -0.2) is 44.0 Å². The minimum atomic E-state index is -1.38. The van der Waals surface area contributed by atoms with E-state index in [-0.39, 0.29) is 0 Å². The summed E-state index contributed by atoms with van der Waals surface area (Å²) >= 11 is 0. The molecule has 122 valence electrons. The Hall–Kier alpha value is -1.84. The van der Waals surface area contributed by atoms with Crippen LogP contribution in [0, 0.1) is 11.7 Å². The summed E-state index contributed by atoms with van der Waals surface area (Å²) in [4.78, 5) is 26.9. The van der Waals surface area contributed by atoms with Crippen molar-refractivity contribution in [1.29, 1.82) is 0 Å². The number of aliphatic hydroxyl groups is 2. The normalized spacial score (nSPS) is 28.1. The number of nitrogens with zero attached hydrogens (tertiary/aromatic N) is 2. The number of hydrogen-bond donors (Lipinski definition) is 3. The smallest absolute Gasteiger partial charge is 0.351 e. The molecule has 22 heavy (non-hydrogen) atoms. The van der Waals surface area contributed by atoms with E-state index in [9.17, 15) is 24.2 Å². The molecule has 0 bridgehead atoms. The Labute approximate surface area is 125 Å². The van der Waals surface area contributed by atoms with Crippen LogP contribution in [0.4, 0.5) is 10.2 Å². The molecule has 1 saturated heterocycles. The summed E-state index contributed by atoms with van der Waals surface area (Å²) in [6.45, 7) is 4.74. The summed E-state index contributed by atoms with van der Waals surface area (Å²) in [6.07, 6.45) is -3.75. The van der Waals surface area contributed by atoms with E-state index >= 15 is 0 Å². The number of aliphatic hydroxyl groups excluding tert-OH is 2. The maximum Gasteiger partial charge on any atom is 0.351 e. The molecule has 1 aromatic heterocycles. The van der Waals surface area contributed by atoms with Crippen molar-refractivity contribution in [3.8, 4) is 0 Å². The average Bonchev–Trinajstić information content (AvgIpc) is 2.70. The Morgan fingerprint density at radius 1 is 1.45 bits per heavy atom. The SMILES string of the molecule is CC(C)C(=O)Nc1nc(=O)n([C@@H]2O[C@H](C)C(O)C2O)cc1F. The monoisotopic (exact) mass is 315 g/mol. The van der Waals surface area contributed by atoms with Crippen LogP contribution < -0.4 is 11.0 Å². The first-order valence-corrected chi connectivity index (χ1v) is 6.83. The van der Waals surface area contributed by atoms with Crippen molar-refractivity contribution < 1.29 is 24.1 Å². The summed E-state index contributed by atoms with van der Waals surface area (Å²) in [5.74, 6) is -2.32. The van der Waals surface area contributed by atoms with E-state index in [1.807, 2.05) is 0 Å². The highest BCUT2D eigenvalue weighted by Gasteiger charge is 2.42. The lowest BCUT2D eigenvalue weighted by atomic mass is 10.1. The lowest BCUT2D eigenvalue weighted by Crippen LogP contribution is -2.36. The summed E-state index contributed by atoms with van der Waals surface area (Å²) in [5, 5.41) is 21.7. The number of carbonyl (C=O) groups excluding carboxylic acids is 1. The van der Waals surface area contributed by atoms with Gasteiger partial charge in [0, 0.05) is 5.92 Å². The Bertz CT molecular complexity index is 633. The van der Waals surface area contributed by atoms with Gasteiger partial charge in [-0.05, 0) is 6.92 Å². The van der Waals surface area contributed by atoms with E-state index in [4.69, 9.17) is 4.74 Å². The molecule has 0 saturated carbocycles. The molecule has 1 aliphatic rings. The van der Waals surface area contributed by atoms with Crippen molar-refractivity contribution >= 4 is 11.7 Å². The fraction of sp³-hybridized carbons (Fsp3) is 0.615. The quantitative estimate of drug-likeness (QED) is 0.700. The standard InChI is InChI=1S/C13H18FN3O5/c1-5(2)11(20)15-10-7(14)4-17(13(21)16-10)12-9(19)8(18)6(3)22-12/h4-6,8-9,12,18-19H,1-3H3,(H,15,16,20,21)/t6-,8?,9?,12-/m1/s1. The Morgan fingerprint density at radius 3 is 2.59 bits per heavy atom. The highest BCUT2D eigenvalue weighted by atomic mass is 19.1. The largest absolute Gasteiger partial charge is 0.388 e. The van der Waals surface area contributed by atoms with Gasteiger partial charge >= 0.3 is 5.69 Å². The second-order valence-corrected chi connectivity index (χ2v) is 5.48. The molecule has 1 fully saturated rings. The summed E-state index contributed by atoms with van der Waals surface area (Å²) in [6, 6.07) is 0. The molecule has 0 aromatic carbocycles. The first-order valence-electron chi connectivity index (χ1n) is 6.83. The number of amides is 1. The third-order valence-corrected chi connectivity index (χ3v) is 3.42. The predicted molar refractivity (Wildman–Crippen MR) is 73.5 cm³/mol. The van der Waals surface area contributed by atoms with Crippen molar-refractivity contribution in [3.05, 3.63) is 22.5 Å². The second kappa shape index (κ2) is 6.11. The van der Waals surface area contributed by atoms with Gasteiger partial charge < -0.3 is 20.3 Å². The molecule has 0 aliphatic carbocycles. The zero-order valence-electron chi connectivity index (χ0n) is 12.4. The van der Waals surface area contributed by atoms with Crippen molar-refractivity contribution in [3.63, 3.8) is 0 Å². The molecular formula is C13H18FN3O5. The number of aromatic nitrogens is 2. The molecule has 8 nitrogen and oxygen atoms in total. The van der Waals surface area contributed by atoms with Gasteiger partial charge in [-0.1, -0.05) is 13.8 Å². The molecule has 1 aliphatic heterocycles. The number of nitrogens with one attached hydrogen (secondary N) is 1. The van der Waals surface area contributed by atoms with E-state index < -0.39 is 53.7 Å². The van der Waals surface area contributed by atoms with E-state index in [2.05, 4.69) is 10.3 Å². The van der Waals surface area contributed by atoms with Gasteiger partial charge in [0.15, 0.2) is 17.9 Å². The number of rotatable bonds is 3. The van der Waals surface area contributed by atoms with Crippen LogP contribution >= 0.6 is 0 Å². The minimum Gasteiger partial charge on any atom is -0.388 e. The lowest BCUT2D eigenvalue weighted by Gasteiger charge is -2.18. The third kappa shape index (κ3) is 3.01. The van der Waals surface area contributed by atoms with Crippen molar-refractivity contribution in [2.45, 2.75) is 45.3 Å². The highest BCUT2D eigenvalue weighted by Crippen LogP contribution is 2.28. The zero-order chi connectivity index (χ0) is 16.6. The molecule has 1 aromatic rings. The van der Waals surface area contributed by atoms with Gasteiger partial charge in [-0.15, -0.1) is 0 Å². The van der Waals surface area contributed by atoms with Gasteiger partial charge in [-0.25, -0.2) is 9.18 Å². The van der Waals surface area contributed by atoms with Crippen molar-refractivity contribution in [2.24, 2.45) is 5.92 Å². The minimum absolute atomic E-state index is 0.403. The first kappa shape index (κ1) is 16.5. The molecule has 4 atom stereocenters. The van der Waals surface area contributed by atoms with Gasteiger partial charge in [0.25, 0.3) is 0 Å². The van der Waals surface area contributed by atoms with Crippen LogP contribution in [0.5, 0.6) is 0 Å². The summed E-state index contributed by atoms with van der Waals surface area (Å²) < 4.78 is 20.0. The van der Waals surface area contributed by atoms with Crippen LogP contribution in [0.2, 0.25) is 0 Å². The van der Waals surface area contributed by atoms with Gasteiger partial charge in [0.2, 0.25) is 5.91 Å². The zero-order valence-corrected chi connectivity index (χ0v) is 12.4. The van der Waals surface area contributed by atoms with Gasteiger partial charge in [0.05, 0.1) is 12.3 Å². The van der Waals surface area contributed by atoms with E-state index in [1.54, 1.807) is 13.8 Å². The number of halogens is 1. The Kier molecular flexibility index (Phi) is 4.59. The van der Waals surface area contributed by atoms with Gasteiger partial charge in [-0.3, -0.25) is 9.36 Å². The topological polar surface area (TPSA) is 114 Å². The summed E-state index contributed by atoms with van der Waals surface area (Å²) in [7, 11) is 0. The molecule has 0 radical (unpaired) electrons. The Morgan fingerprint density at radius 2 is 2.09 bits per heavy atom. The maximum atomic E-state index is 14.0. The van der Waals surface area contributed by atoms with Crippen LogP contribution in [0.1, 0.15) is 27.0 Å². The van der Waals surface area contributed by atoms with E-state index in [0.717, 1.165) is 10.8 Å². The Balaban J connectivity index is 2.31. The molecule has 1 amide bonds. The van der Waals surface area contributed by atoms with Crippen LogP contribution in [-0.2, 0) is 9.53 Å². The third-order valence-electron chi connectivity index (χ3n) is 3.42. The number of ether oxygens (including phenoxy) is 1. The molecule has 9 heteroatoms. The van der Waals surface area contributed by atoms with E-state index in [1.165, 1.54) is 6.92 Å². The number of carbonyl (C=O) groups is 1. The predicted octanol–water partition coefficient (Wildman–Crippen LogP) is -0.384. The van der Waals surface area contributed by atoms with E-state index in [0.29, 0.717) is 0 Å². The molecule has 2 rings (SSSR count). The van der Waals surface area contributed by atoms with Gasteiger partial charge in [-0.2, -0.15) is 4.98 Å². The summed E-state index contributed by atoms with van der Waals surface area (Å²) in [5.41, 5.74) is -0.911. The second-order valence-electron chi connectivity index (χ2n) is 5.48. The van der Waals surface area contributed by atoms with Crippen molar-refractivity contribution in [1.82, 2.24) is 9.55 Å². The van der Waals surface area contributed by atoms with Crippen LogP contribution in [0.15, 0.2) is 11.0 Å². The highest BCUT2D eigenvalue weighted by molar-refractivity contribution is 5.91. The van der Waals surface area contributed by atoms with Gasteiger partial charge in [0.1, 0.15) is 12.2 Å². The molecule has 2 unspecified atom stereocenters. The first-order chi connectivity index (χ1) is 10.2. The fourth-order valence-corrected chi connectivity index (χ4v) is 2.03. The van der Waals surface area contributed by atoms with Crippen molar-refractivity contribution in [2.75, 3.05) is 5.32 Å². The van der Waals surface area contributed by atoms with Crippen LogP contribution in [0.3, 0.4) is 0 Å². The number of anilines is 1. The number of hydrogen-bond acceptors (Lipinski definition) is 6. The molecule has 3 N–H and O–H groups in total. The molecular weight excluding hydrogens is 297 g/mol. The molecule has 2 heterocycles.